The molecule has 0 aliphatic heterocycles. The van der Waals surface area contributed by atoms with Crippen molar-refractivity contribution >= 4 is 23.4 Å². The Morgan fingerprint density at radius 1 is 1.26 bits per heavy atom. The fraction of sp³-hybridized carbons (Fsp3) is 0.750. The van der Waals surface area contributed by atoms with Gasteiger partial charge < -0.3 is 10.1 Å². The number of hydrogen-bond acceptors (Lipinski definition) is 6. The van der Waals surface area contributed by atoms with Crippen LogP contribution in [-0.2, 0) is 9.53 Å². The van der Waals surface area contributed by atoms with Gasteiger partial charge in [0, 0.05) is 5.54 Å². The third-order valence-corrected chi connectivity index (χ3v) is 6.74. The first-order chi connectivity index (χ1) is 11.0. The number of amides is 1. The Morgan fingerprint density at radius 3 is 2.52 bits per heavy atom. The van der Waals surface area contributed by atoms with Crippen LogP contribution in [0.1, 0.15) is 53.9 Å². The molecular weight excluding hydrogens is 314 g/mol. The highest BCUT2D eigenvalue weighted by atomic mass is 32.1. The van der Waals surface area contributed by atoms with Crippen LogP contribution in [-0.4, -0.2) is 34.1 Å². The van der Waals surface area contributed by atoms with Crippen LogP contribution in [0.5, 0.6) is 0 Å². The highest BCUT2D eigenvalue weighted by Gasteiger charge is 2.61. The van der Waals surface area contributed by atoms with Crippen LogP contribution in [0.25, 0.3) is 0 Å². The molecule has 4 fully saturated rings. The molecule has 4 atom stereocenters. The number of aromatic nitrogens is 2. The summed E-state index contributed by atoms with van der Waals surface area (Å²) in [4.78, 5) is 25.7. The Hall–Kier alpha value is -1.50. The van der Waals surface area contributed by atoms with Crippen molar-refractivity contribution in [3.8, 4) is 0 Å². The maximum atomic E-state index is 12.7. The molecule has 5 rings (SSSR count). The molecule has 4 bridgehead atoms. The van der Waals surface area contributed by atoms with Gasteiger partial charge in [-0.15, -0.1) is 5.10 Å². The van der Waals surface area contributed by atoms with Gasteiger partial charge in [0.2, 0.25) is 0 Å². The maximum absolute atomic E-state index is 12.7. The number of hydrogen-bond donors (Lipinski definition) is 1. The SMILES string of the molecule is COC(=O)C12C[C@@H]3C[C@@H](CC(NC(=O)c4snnc4C)(C3)C1)C2. The molecule has 0 radical (unpaired) electrons. The molecule has 1 aromatic rings. The Morgan fingerprint density at radius 2 is 1.96 bits per heavy atom. The largest absolute Gasteiger partial charge is 0.469 e. The molecule has 4 saturated carbocycles. The van der Waals surface area contributed by atoms with E-state index >= 15 is 0 Å². The number of carbonyl (C=O) groups excluding carboxylic acids is 2. The van der Waals surface area contributed by atoms with Crippen molar-refractivity contribution in [1.82, 2.24) is 14.9 Å². The second-order valence-electron chi connectivity index (χ2n) is 7.65. The predicted octanol–water partition coefficient (Wildman–Crippen LogP) is 2.09. The van der Waals surface area contributed by atoms with Crippen molar-refractivity contribution in [2.75, 3.05) is 7.11 Å². The average Bonchev–Trinajstić information content (AvgIpc) is 2.90. The average molecular weight is 335 g/mol. The third kappa shape index (κ3) is 2.28. The molecule has 124 valence electrons. The zero-order valence-corrected chi connectivity index (χ0v) is 14.2. The lowest BCUT2D eigenvalue weighted by Crippen LogP contribution is -2.64. The van der Waals surface area contributed by atoms with Crippen molar-refractivity contribution < 1.29 is 14.3 Å². The Labute approximate surface area is 139 Å². The van der Waals surface area contributed by atoms with Crippen LogP contribution >= 0.6 is 11.5 Å². The van der Waals surface area contributed by atoms with E-state index in [1.165, 1.54) is 13.5 Å². The summed E-state index contributed by atoms with van der Waals surface area (Å²) in [6.07, 6.45) is 5.65. The minimum atomic E-state index is -0.396. The van der Waals surface area contributed by atoms with E-state index in [2.05, 4.69) is 14.9 Å². The van der Waals surface area contributed by atoms with Crippen LogP contribution in [0.15, 0.2) is 0 Å². The molecule has 23 heavy (non-hydrogen) atoms. The van der Waals surface area contributed by atoms with Gasteiger partial charge in [0.05, 0.1) is 18.2 Å². The molecule has 7 heteroatoms. The van der Waals surface area contributed by atoms with Crippen LogP contribution in [0.3, 0.4) is 0 Å². The van der Waals surface area contributed by atoms with Crippen LogP contribution in [0, 0.1) is 24.2 Å². The molecule has 1 heterocycles. The highest BCUT2D eigenvalue weighted by molar-refractivity contribution is 7.08. The minimum Gasteiger partial charge on any atom is -0.469 e. The normalized spacial score (nSPS) is 37.7. The molecule has 0 saturated heterocycles. The van der Waals surface area contributed by atoms with Gasteiger partial charge in [-0.2, -0.15) is 0 Å². The van der Waals surface area contributed by atoms with E-state index in [4.69, 9.17) is 4.74 Å². The predicted molar refractivity (Wildman–Crippen MR) is 84.0 cm³/mol. The van der Waals surface area contributed by atoms with Crippen molar-refractivity contribution in [1.29, 1.82) is 0 Å². The standard InChI is InChI=1S/C16H21N3O3S/c1-9-12(23-19-18-9)13(20)17-16-6-10-3-11(7-16)5-15(4-10,8-16)14(21)22-2/h10-11H,3-8H2,1-2H3,(H,17,20)/t10-,11+,15?,16?. The van der Waals surface area contributed by atoms with E-state index < -0.39 is 5.41 Å². The maximum Gasteiger partial charge on any atom is 0.311 e. The molecule has 2 unspecified atom stereocenters. The van der Waals surface area contributed by atoms with Crippen molar-refractivity contribution in [2.24, 2.45) is 17.3 Å². The van der Waals surface area contributed by atoms with E-state index in [0.717, 1.165) is 37.2 Å². The van der Waals surface area contributed by atoms with Gasteiger partial charge in [-0.1, -0.05) is 4.49 Å². The molecule has 1 N–H and O–H groups in total. The van der Waals surface area contributed by atoms with Crippen LogP contribution < -0.4 is 5.32 Å². The van der Waals surface area contributed by atoms with E-state index in [1.807, 2.05) is 0 Å². The van der Waals surface area contributed by atoms with Gasteiger partial charge >= 0.3 is 5.97 Å². The second kappa shape index (κ2) is 5.00. The number of aryl methyl sites for hydroxylation is 1. The first kappa shape index (κ1) is 15.1. The van der Waals surface area contributed by atoms with Crippen molar-refractivity contribution in [3.05, 3.63) is 10.6 Å². The van der Waals surface area contributed by atoms with Crippen LogP contribution in [0.4, 0.5) is 0 Å². The number of nitrogens with one attached hydrogen (secondary N) is 1. The lowest BCUT2D eigenvalue weighted by Gasteiger charge is -2.60. The van der Waals surface area contributed by atoms with Crippen LogP contribution in [0.2, 0.25) is 0 Å². The van der Waals surface area contributed by atoms with Gasteiger partial charge in [0.25, 0.3) is 5.91 Å². The molecule has 4 aliphatic rings. The first-order valence-corrected chi connectivity index (χ1v) is 8.93. The lowest BCUT2D eigenvalue weighted by atomic mass is 9.47. The van der Waals surface area contributed by atoms with Gasteiger partial charge in [0.15, 0.2) is 0 Å². The van der Waals surface area contributed by atoms with E-state index in [0.29, 0.717) is 28.8 Å². The Kier molecular flexibility index (Phi) is 3.27. The summed E-state index contributed by atoms with van der Waals surface area (Å²) in [6.45, 7) is 1.80. The molecule has 1 aromatic heterocycles. The Bertz CT molecular complexity index is 657. The number of ether oxygens (including phenoxy) is 1. The fourth-order valence-corrected chi connectivity index (χ4v) is 6.15. The highest BCUT2D eigenvalue weighted by Crippen LogP contribution is 2.62. The smallest absolute Gasteiger partial charge is 0.311 e. The summed E-state index contributed by atoms with van der Waals surface area (Å²) in [5.74, 6) is 0.827. The zero-order chi connectivity index (χ0) is 16.2. The fourth-order valence-electron chi connectivity index (χ4n) is 5.60. The molecule has 0 aromatic carbocycles. The molecule has 1 amide bonds. The summed E-state index contributed by atoms with van der Waals surface area (Å²) in [7, 11) is 1.47. The number of carbonyl (C=O) groups is 2. The Balaban J connectivity index is 1.62. The van der Waals surface area contributed by atoms with Gasteiger partial charge in [-0.25, -0.2) is 0 Å². The topological polar surface area (TPSA) is 81.2 Å². The van der Waals surface area contributed by atoms with Crippen molar-refractivity contribution in [3.63, 3.8) is 0 Å². The quantitative estimate of drug-likeness (QED) is 0.856. The number of methoxy groups -OCH3 is 1. The minimum absolute atomic E-state index is 0.0964. The second-order valence-corrected chi connectivity index (χ2v) is 8.41. The van der Waals surface area contributed by atoms with E-state index in [9.17, 15) is 9.59 Å². The monoisotopic (exact) mass is 335 g/mol. The van der Waals surface area contributed by atoms with E-state index in [1.54, 1.807) is 6.92 Å². The number of nitrogens with zero attached hydrogens (tertiary/aromatic N) is 2. The van der Waals surface area contributed by atoms with Gasteiger partial charge in [-0.3, -0.25) is 9.59 Å². The summed E-state index contributed by atoms with van der Waals surface area (Å²) < 4.78 is 8.96. The summed E-state index contributed by atoms with van der Waals surface area (Å²) in [5.41, 5.74) is -0.00118. The summed E-state index contributed by atoms with van der Waals surface area (Å²) >= 11 is 1.13. The van der Waals surface area contributed by atoms with Gasteiger partial charge in [-0.05, 0) is 68.8 Å². The lowest BCUT2D eigenvalue weighted by molar-refractivity contribution is -0.171. The molecule has 6 nitrogen and oxygen atoms in total. The van der Waals surface area contributed by atoms with Crippen molar-refractivity contribution in [2.45, 2.75) is 51.0 Å². The summed E-state index contributed by atoms with van der Waals surface area (Å²) in [6, 6.07) is 0. The molecule has 0 spiro atoms. The van der Waals surface area contributed by atoms with Gasteiger partial charge in [0.1, 0.15) is 4.88 Å². The molecular formula is C16H21N3O3S. The third-order valence-electron chi connectivity index (χ3n) is 5.92. The van der Waals surface area contributed by atoms with E-state index in [-0.39, 0.29) is 17.4 Å². The molecule has 4 aliphatic carbocycles. The first-order valence-electron chi connectivity index (χ1n) is 8.15. The number of rotatable bonds is 3. The zero-order valence-electron chi connectivity index (χ0n) is 13.4. The number of esters is 1. The summed E-state index contributed by atoms with van der Waals surface area (Å²) in [5, 5.41) is 7.18.